The number of anilines is 1. The molecule has 0 saturated carbocycles. The maximum absolute atomic E-state index is 12.0. The molecule has 1 aliphatic rings. The molecule has 23 heavy (non-hydrogen) atoms. The molecule has 1 amide bonds. The summed E-state index contributed by atoms with van der Waals surface area (Å²) in [5, 5.41) is 2.07. The van der Waals surface area contributed by atoms with E-state index in [0.29, 0.717) is 32.1 Å². The first-order valence-electron chi connectivity index (χ1n) is 7.18. The van der Waals surface area contributed by atoms with Crippen molar-refractivity contribution in [2.24, 2.45) is 10.7 Å². The molecule has 3 N–H and O–H groups in total. The van der Waals surface area contributed by atoms with Gasteiger partial charge in [-0.25, -0.2) is 23.7 Å². The second-order valence-corrected chi connectivity index (χ2v) is 4.89. The summed E-state index contributed by atoms with van der Waals surface area (Å²) in [7, 11) is 0. The number of guanidine groups is 1. The van der Waals surface area contributed by atoms with E-state index >= 15 is 0 Å². The van der Waals surface area contributed by atoms with E-state index in [2.05, 4.69) is 20.3 Å². The van der Waals surface area contributed by atoms with Crippen LogP contribution in [0.4, 0.5) is 14.7 Å². The van der Waals surface area contributed by atoms with Gasteiger partial charge < -0.3 is 20.9 Å². The lowest BCUT2D eigenvalue weighted by atomic mass is 10.3. The fourth-order valence-electron chi connectivity index (χ4n) is 2.09. The molecule has 2 rings (SSSR count). The van der Waals surface area contributed by atoms with Crippen molar-refractivity contribution in [1.29, 1.82) is 0 Å². The fraction of sp³-hybridized carbons (Fsp3) is 0.538. The van der Waals surface area contributed by atoms with Crippen LogP contribution in [0.25, 0.3) is 0 Å². The molecule has 1 aromatic rings. The predicted octanol–water partition coefficient (Wildman–Crippen LogP) is -0.705. The predicted molar refractivity (Wildman–Crippen MR) is 81.3 cm³/mol. The van der Waals surface area contributed by atoms with Gasteiger partial charge in [0, 0.05) is 38.6 Å². The van der Waals surface area contributed by atoms with Crippen LogP contribution < -0.4 is 16.0 Å². The van der Waals surface area contributed by atoms with Crippen molar-refractivity contribution in [3.8, 4) is 0 Å². The molecule has 1 aromatic heterocycles. The lowest BCUT2D eigenvalue weighted by molar-refractivity contribution is -0.120. The lowest BCUT2D eigenvalue weighted by Crippen LogP contribution is -2.51. The van der Waals surface area contributed by atoms with Crippen molar-refractivity contribution in [3.05, 3.63) is 18.5 Å². The summed E-state index contributed by atoms with van der Waals surface area (Å²) in [6.07, 6.45) is 0.791. The first-order valence-corrected chi connectivity index (χ1v) is 7.18. The average Bonchev–Trinajstić information content (AvgIpc) is 2.58. The van der Waals surface area contributed by atoms with E-state index in [1.807, 2.05) is 9.80 Å². The standard InChI is InChI=1S/C13H19F2N7O/c14-10(15)8-19-11(23)9-20-12(16)21-4-6-22(7-5-21)13-17-2-1-3-18-13/h1-3,10H,4-9H2,(H2,16,20)(H,19,23). The number of aliphatic imine (C=N–C) groups is 1. The molecule has 0 spiro atoms. The van der Waals surface area contributed by atoms with Crippen LogP contribution in [0.2, 0.25) is 0 Å². The third-order valence-corrected chi connectivity index (χ3v) is 3.28. The van der Waals surface area contributed by atoms with Crippen molar-refractivity contribution in [2.45, 2.75) is 6.43 Å². The average molecular weight is 327 g/mol. The van der Waals surface area contributed by atoms with Gasteiger partial charge in [-0.1, -0.05) is 0 Å². The summed E-state index contributed by atoms with van der Waals surface area (Å²) < 4.78 is 23.9. The number of hydrogen-bond acceptors (Lipinski definition) is 5. The third-order valence-electron chi connectivity index (χ3n) is 3.28. The van der Waals surface area contributed by atoms with Crippen molar-refractivity contribution >= 4 is 17.8 Å². The molecule has 0 unspecified atom stereocenters. The SMILES string of the molecule is NC(=NCC(=O)NCC(F)F)N1CCN(c2ncccn2)CC1. The molecule has 126 valence electrons. The van der Waals surface area contributed by atoms with Crippen LogP contribution in [0.5, 0.6) is 0 Å². The number of halogens is 2. The van der Waals surface area contributed by atoms with Crippen LogP contribution >= 0.6 is 0 Å². The molecule has 8 nitrogen and oxygen atoms in total. The number of nitrogens with zero attached hydrogens (tertiary/aromatic N) is 5. The van der Waals surface area contributed by atoms with Crippen molar-refractivity contribution in [1.82, 2.24) is 20.2 Å². The second kappa shape index (κ2) is 8.20. The summed E-state index contributed by atoms with van der Waals surface area (Å²) in [5.41, 5.74) is 5.83. The highest BCUT2D eigenvalue weighted by Gasteiger charge is 2.20. The summed E-state index contributed by atoms with van der Waals surface area (Å²) in [6, 6.07) is 1.75. The number of hydrogen-bond donors (Lipinski definition) is 2. The van der Waals surface area contributed by atoms with E-state index in [4.69, 9.17) is 5.73 Å². The van der Waals surface area contributed by atoms with E-state index in [0.717, 1.165) is 0 Å². The first-order chi connectivity index (χ1) is 11.1. The minimum Gasteiger partial charge on any atom is -0.370 e. The number of rotatable bonds is 5. The Balaban J connectivity index is 1.78. The van der Waals surface area contributed by atoms with Crippen LogP contribution in [0, 0.1) is 0 Å². The van der Waals surface area contributed by atoms with E-state index in [1.54, 1.807) is 18.5 Å². The normalized spacial score (nSPS) is 15.9. The largest absolute Gasteiger partial charge is 0.370 e. The van der Waals surface area contributed by atoms with Gasteiger partial charge in [0.2, 0.25) is 11.9 Å². The Labute approximate surface area is 132 Å². The number of carbonyl (C=O) groups excluding carboxylic acids is 1. The number of amides is 1. The van der Waals surface area contributed by atoms with Crippen LogP contribution in [-0.4, -0.2) is 72.4 Å². The van der Waals surface area contributed by atoms with Crippen molar-refractivity contribution in [3.63, 3.8) is 0 Å². The first kappa shape index (κ1) is 16.8. The Morgan fingerprint density at radius 3 is 2.57 bits per heavy atom. The van der Waals surface area contributed by atoms with E-state index in [9.17, 15) is 13.6 Å². The Morgan fingerprint density at radius 2 is 1.96 bits per heavy atom. The molecular weight excluding hydrogens is 308 g/mol. The third kappa shape index (κ3) is 5.31. The highest BCUT2D eigenvalue weighted by Crippen LogP contribution is 2.09. The Bertz CT molecular complexity index is 532. The zero-order valence-corrected chi connectivity index (χ0v) is 12.5. The highest BCUT2D eigenvalue weighted by molar-refractivity contribution is 5.84. The quantitative estimate of drug-likeness (QED) is 0.548. The Kier molecular flexibility index (Phi) is 6.01. The van der Waals surface area contributed by atoms with Gasteiger partial charge in [0.25, 0.3) is 6.43 Å². The molecular formula is C13H19F2N7O. The van der Waals surface area contributed by atoms with Gasteiger partial charge in [-0.2, -0.15) is 0 Å². The van der Waals surface area contributed by atoms with Gasteiger partial charge in [0.15, 0.2) is 5.96 Å². The van der Waals surface area contributed by atoms with Gasteiger partial charge in [-0.15, -0.1) is 0 Å². The molecule has 0 aromatic carbocycles. The van der Waals surface area contributed by atoms with Crippen molar-refractivity contribution in [2.75, 3.05) is 44.2 Å². The maximum atomic E-state index is 12.0. The van der Waals surface area contributed by atoms with E-state index < -0.39 is 18.9 Å². The fourth-order valence-corrected chi connectivity index (χ4v) is 2.09. The molecule has 1 saturated heterocycles. The number of aromatic nitrogens is 2. The Morgan fingerprint density at radius 1 is 1.30 bits per heavy atom. The molecule has 1 fully saturated rings. The molecule has 0 bridgehead atoms. The maximum Gasteiger partial charge on any atom is 0.255 e. The smallest absolute Gasteiger partial charge is 0.255 e. The molecule has 0 atom stereocenters. The van der Waals surface area contributed by atoms with Gasteiger partial charge in [0.1, 0.15) is 6.54 Å². The van der Waals surface area contributed by atoms with Crippen LogP contribution in [0.3, 0.4) is 0 Å². The van der Waals surface area contributed by atoms with Crippen LogP contribution in [0.15, 0.2) is 23.5 Å². The monoisotopic (exact) mass is 327 g/mol. The van der Waals surface area contributed by atoms with Crippen LogP contribution in [0.1, 0.15) is 0 Å². The zero-order chi connectivity index (χ0) is 16.7. The summed E-state index contributed by atoms with van der Waals surface area (Å²) >= 11 is 0. The molecule has 0 aliphatic carbocycles. The van der Waals surface area contributed by atoms with Gasteiger partial charge >= 0.3 is 0 Å². The minimum absolute atomic E-state index is 0.228. The lowest BCUT2D eigenvalue weighted by Gasteiger charge is -2.35. The van der Waals surface area contributed by atoms with E-state index in [-0.39, 0.29) is 12.5 Å². The molecule has 10 heteroatoms. The van der Waals surface area contributed by atoms with Crippen molar-refractivity contribution < 1.29 is 13.6 Å². The Hall–Kier alpha value is -2.52. The van der Waals surface area contributed by atoms with Crippen LogP contribution in [-0.2, 0) is 4.79 Å². The van der Waals surface area contributed by atoms with E-state index in [1.165, 1.54) is 0 Å². The molecule has 1 aliphatic heterocycles. The number of carbonyl (C=O) groups is 1. The summed E-state index contributed by atoms with van der Waals surface area (Å²) in [4.78, 5) is 27.5. The molecule has 0 radical (unpaired) electrons. The van der Waals surface area contributed by atoms with Gasteiger partial charge in [-0.3, -0.25) is 4.79 Å². The number of piperazine rings is 1. The summed E-state index contributed by atoms with van der Waals surface area (Å²) in [5.74, 6) is 0.310. The topological polar surface area (TPSA) is 99.7 Å². The number of alkyl halides is 2. The minimum atomic E-state index is -2.58. The zero-order valence-electron chi connectivity index (χ0n) is 12.5. The summed E-state index contributed by atoms with van der Waals surface area (Å²) in [6.45, 7) is 1.65. The van der Waals surface area contributed by atoms with Gasteiger partial charge in [0.05, 0.1) is 6.54 Å². The number of nitrogens with two attached hydrogens (primary N) is 1. The second-order valence-electron chi connectivity index (χ2n) is 4.89. The van der Waals surface area contributed by atoms with Gasteiger partial charge in [-0.05, 0) is 6.07 Å². The molecule has 2 heterocycles. The number of nitrogens with one attached hydrogen (secondary N) is 1. The highest BCUT2D eigenvalue weighted by atomic mass is 19.3.